The summed E-state index contributed by atoms with van der Waals surface area (Å²) in [6.07, 6.45) is 1.41. The van der Waals surface area contributed by atoms with E-state index in [9.17, 15) is 18.0 Å². The van der Waals surface area contributed by atoms with E-state index in [1.807, 2.05) is 0 Å². The van der Waals surface area contributed by atoms with Gasteiger partial charge in [-0.05, 0) is 36.4 Å². The SMILES string of the molecule is COc1ccc(C=NNC(=O)CNC(=O)c2ccc(S(=O)(=O)N3CCOCC3)cc2)c(OC)c1. The van der Waals surface area contributed by atoms with Crippen molar-refractivity contribution in [3.63, 3.8) is 0 Å². The van der Waals surface area contributed by atoms with Gasteiger partial charge < -0.3 is 19.5 Å². The van der Waals surface area contributed by atoms with Gasteiger partial charge in [0.25, 0.3) is 11.8 Å². The Morgan fingerprint density at radius 2 is 1.79 bits per heavy atom. The highest BCUT2D eigenvalue weighted by atomic mass is 32.2. The number of carbonyl (C=O) groups is 2. The molecule has 0 radical (unpaired) electrons. The van der Waals surface area contributed by atoms with Crippen LogP contribution in [0.5, 0.6) is 11.5 Å². The molecule has 182 valence electrons. The summed E-state index contributed by atoms with van der Waals surface area (Å²) in [5.41, 5.74) is 3.16. The molecule has 1 aliphatic heterocycles. The molecule has 3 rings (SSSR count). The van der Waals surface area contributed by atoms with Crippen LogP contribution in [-0.2, 0) is 19.6 Å². The zero-order valence-electron chi connectivity index (χ0n) is 18.8. The molecule has 0 saturated carbocycles. The first-order valence-corrected chi connectivity index (χ1v) is 11.8. The second kappa shape index (κ2) is 11.6. The highest BCUT2D eigenvalue weighted by molar-refractivity contribution is 7.89. The van der Waals surface area contributed by atoms with Crippen LogP contribution in [0, 0.1) is 0 Å². The molecule has 0 atom stereocenters. The van der Waals surface area contributed by atoms with Gasteiger partial charge in [-0.3, -0.25) is 9.59 Å². The summed E-state index contributed by atoms with van der Waals surface area (Å²) in [6, 6.07) is 10.7. The zero-order valence-corrected chi connectivity index (χ0v) is 19.6. The smallest absolute Gasteiger partial charge is 0.259 e. The monoisotopic (exact) mass is 490 g/mol. The minimum atomic E-state index is -3.65. The molecule has 1 saturated heterocycles. The van der Waals surface area contributed by atoms with E-state index in [2.05, 4.69) is 15.8 Å². The zero-order chi connectivity index (χ0) is 24.6. The van der Waals surface area contributed by atoms with Gasteiger partial charge in [-0.2, -0.15) is 9.41 Å². The number of amides is 2. The first-order chi connectivity index (χ1) is 16.3. The number of morpholine rings is 1. The quantitative estimate of drug-likeness (QED) is 0.388. The number of rotatable bonds is 9. The van der Waals surface area contributed by atoms with Crippen LogP contribution in [0.25, 0.3) is 0 Å². The summed E-state index contributed by atoms with van der Waals surface area (Å²) in [5, 5.41) is 6.33. The maximum Gasteiger partial charge on any atom is 0.259 e. The largest absolute Gasteiger partial charge is 0.497 e. The molecule has 0 aromatic heterocycles. The molecule has 11 nitrogen and oxygen atoms in total. The van der Waals surface area contributed by atoms with Crippen molar-refractivity contribution in [3.8, 4) is 11.5 Å². The van der Waals surface area contributed by atoms with E-state index >= 15 is 0 Å². The number of carbonyl (C=O) groups excluding carboxylic acids is 2. The molecule has 0 bridgehead atoms. The van der Waals surface area contributed by atoms with Gasteiger partial charge in [-0.25, -0.2) is 13.8 Å². The van der Waals surface area contributed by atoms with E-state index in [0.717, 1.165) is 0 Å². The Balaban J connectivity index is 1.51. The fourth-order valence-electron chi connectivity index (χ4n) is 3.12. The van der Waals surface area contributed by atoms with Gasteiger partial charge in [0.1, 0.15) is 11.5 Å². The number of nitrogens with one attached hydrogen (secondary N) is 2. The summed E-state index contributed by atoms with van der Waals surface area (Å²) >= 11 is 0. The van der Waals surface area contributed by atoms with Crippen molar-refractivity contribution >= 4 is 28.1 Å². The first-order valence-electron chi connectivity index (χ1n) is 10.3. The minimum absolute atomic E-state index is 0.0898. The van der Waals surface area contributed by atoms with Gasteiger partial charge in [0.2, 0.25) is 10.0 Å². The van der Waals surface area contributed by atoms with Crippen molar-refractivity contribution < 1.29 is 32.2 Å². The van der Waals surface area contributed by atoms with Crippen molar-refractivity contribution in [2.45, 2.75) is 4.90 Å². The Morgan fingerprint density at radius 1 is 1.09 bits per heavy atom. The number of sulfonamides is 1. The van der Waals surface area contributed by atoms with Gasteiger partial charge in [0.15, 0.2) is 0 Å². The fraction of sp³-hybridized carbons (Fsp3) is 0.318. The van der Waals surface area contributed by atoms with E-state index in [4.69, 9.17) is 14.2 Å². The normalized spacial score (nSPS) is 14.5. The van der Waals surface area contributed by atoms with E-state index in [1.165, 1.54) is 41.9 Å². The van der Waals surface area contributed by atoms with Crippen molar-refractivity contribution in [2.75, 3.05) is 47.1 Å². The fourth-order valence-corrected chi connectivity index (χ4v) is 4.52. The summed E-state index contributed by atoms with van der Waals surface area (Å²) < 4.78 is 42.2. The average Bonchev–Trinajstić information content (AvgIpc) is 2.88. The molecule has 2 aromatic rings. The van der Waals surface area contributed by atoms with Gasteiger partial charge in [-0.15, -0.1) is 0 Å². The average molecular weight is 491 g/mol. The lowest BCUT2D eigenvalue weighted by atomic mass is 10.2. The van der Waals surface area contributed by atoms with Crippen LogP contribution < -0.4 is 20.2 Å². The lowest BCUT2D eigenvalue weighted by Gasteiger charge is -2.26. The van der Waals surface area contributed by atoms with Crippen molar-refractivity contribution in [3.05, 3.63) is 53.6 Å². The summed E-state index contributed by atoms with van der Waals surface area (Å²) in [7, 11) is -0.602. The Bertz CT molecular complexity index is 1140. The van der Waals surface area contributed by atoms with Gasteiger partial charge in [0.05, 0.1) is 45.1 Å². The van der Waals surface area contributed by atoms with Crippen LogP contribution in [0.15, 0.2) is 52.5 Å². The lowest BCUT2D eigenvalue weighted by Crippen LogP contribution is -2.40. The second-order valence-electron chi connectivity index (χ2n) is 7.12. The molecule has 2 N–H and O–H groups in total. The summed E-state index contributed by atoms with van der Waals surface area (Å²) in [4.78, 5) is 24.4. The standard InChI is InChI=1S/C22H26N4O7S/c1-31-18-6-3-17(20(13-18)32-2)14-24-25-21(27)15-23-22(28)16-4-7-19(8-5-16)34(29,30)26-9-11-33-12-10-26/h3-8,13-14H,9-12,15H2,1-2H3,(H,23,28)(H,25,27). The Hall–Kier alpha value is -3.48. The van der Waals surface area contributed by atoms with E-state index in [1.54, 1.807) is 25.3 Å². The van der Waals surface area contributed by atoms with Crippen molar-refractivity contribution in [2.24, 2.45) is 5.10 Å². The topological polar surface area (TPSA) is 136 Å². The van der Waals surface area contributed by atoms with Crippen molar-refractivity contribution in [1.82, 2.24) is 15.0 Å². The minimum Gasteiger partial charge on any atom is -0.497 e. The van der Waals surface area contributed by atoms with Crippen LogP contribution in [0.1, 0.15) is 15.9 Å². The molecule has 0 spiro atoms. The first kappa shape index (κ1) is 25.1. The van der Waals surface area contributed by atoms with Gasteiger partial charge >= 0.3 is 0 Å². The van der Waals surface area contributed by atoms with Crippen molar-refractivity contribution in [1.29, 1.82) is 0 Å². The van der Waals surface area contributed by atoms with E-state index in [-0.39, 0.29) is 30.1 Å². The number of hydrogen-bond donors (Lipinski definition) is 2. The predicted molar refractivity (Wildman–Crippen MR) is 124 cm³/mol. The number of methoxy groups -OCH3 is 2. The van der Waals surface area contributed by atoms with E-state index < -0.39 is 21.8 Å². The van der Waals surface area contributed by atoms with Crippen LogP contribution in [0.4, 0.5) is 0 Å². The summed E-state index contributed by atoms with van der Waals surface area (Å²) in [5.74, 6) is 0.0760. The third-order valence-corrected chi connectivity index (χ3v) is 6.88. The second-order valence-corrected chi connectivity index (χ2v) is 9.06. The van der Waals surface area contributed by atoms with Crippen LogP contribution >= 0.6 is 0 Å². The van der Waals surface area contributed by atoms with E-state index in [0.29, 0.717) is 30.3 Å². The van der Waals surface area contributed by atoms with Gasteiger partial charge in [0, 0.05) is 30.3 Å². The molecule has 1 fully saturated rings. The number of nitrogens with zero attached hydrogens (tertiary/aromatic N) is 2. The summed E-state index contributed by atoms with van der Waals surface area (Å²) in [6.45, 7) is 0.948. The number of hydrazone groups is 1. The molecule has 34 heavy (non-hydrogen) atoms. The maximum absolute atomic E-state index is 12.6. The van der Waals surface area contributed by atoms with Crippen LogP contribution in [-0.4, -0.2) is 77.8 Å². The number of benzene rings is 2. The molecular weight excluding hydrogens is 464 g/mol. The van der Waals surface area contributed by atoms with Crippen LogP contribution in [0.2, 0.25) is 0 Å². The Kier molecular flexibility index (Phi) is 8.57. The molecule has 1 heterocycles. The third kappa shape index (κ3) is 6.31. The molecule has 2 aromatic carbocycles. The number of ether oxygens (including phenoxy) is 3. The predicted octanol–water partition coefficient (Wildman–Crippen LogP) is 0.605. The third-order valence-electron chi connectivity index (χ3n) is 4.97. The molecular formula is C22H26N4O7S. The lowest BCUT2D eigenvalue weighted by molar-refractivity contribution is -0.120. The Morgan fingerprint density at radius 3 is 2.44 bits per heavy atom. The molecule has 12 heteroatoms. The molecule has 1 aliphatic rings. The van der Waals surface area contributed by atoms with Crippen LogP contribution in [0.3, 0.4) is 0 Å². The number of hydrogen-bond acceptors (Lipinski definition) is 8. The molecule has 2 amide bonds. The molecule has 0 unspecified atom stereocenters. The highest BCUT2D eigenvalue weighted by Crippen LogP contribution is 2.23. The highest BCUT2D eigenvalue weighted by Gasteiger charge is 2.26. The molecule has 0 aliphatic carbocycles. The Labute approximate surface area is 197 Å². The maximum atomic E-state index is 12.6. The van der Waals surface area contributed by atoms with Gasteiger partial charge in [-0.1, -0.05) is 0 Å².